The summed E-state index contributed by atoms with van der Waals surface area (Å²) in [5, 5.41) is 2.61. The van der Waals surface area contributed by atoms with E-state index < -0.39 is 16.1 Å². The Morgan fingerprint density at radius 1 is 1.30 bits per heavy atom. The standard InChI is InChI=1S/C13H19N3O3S/c1-7-4-11(14)9(3)13(8(7)2)20(18,19)16-10-5-12(17)15-6-10/h4,10,16H,5-6,14H2,1-3H3,(H,15,17). The van der Waals surface area contributed by atoms with Gasteiger partial charge in [0.05, 0.1) is 4.90 Å². The van der Waals surface area contributed by atoms with Crippen molar-refractivity contribution in [3.05, 3.63) is 22.8 Å². The minimum absolute atomic E-state index is 0.144. The summed E-state index contributed by atoms with van der Waals surface area (Å²) in [6.07, 6.45) is 0.165. The maximum atomic E-state index is 12.5. The monoisotopic (exact) mass is 297 g/mol. The van der Waals surface area contributed by atoms with E-state index in [1.54, 1.807) is 19.9 Å². The van der Waals surface area contributed by atoms with E-state index in [-0.39, 0.29) is 17.2 Å². The van der Waals surface area contributed by atoms with Gasteiger partial charge >= 0.3 is 0 Å². The minimum Gasteiger partial charge on any atom is -0.398 e. The molecular weight excluding hydrogens is 278 g/mol. The molecule has 1 aromatic rings. The molecule has 1 unspecified atom stereocenters. The van der Waals surface area contributed by atoms with Crippen molar-refractivity contribution in [2.24, 2.45) is 0 Å². The molecule has 20 heavy (non-hydrogen) atoms. The van der Waals surface area contributed by atoms with Crippen molar-refractivity contribution in [3.8, 4) is 0 Å². The first-order valence-corrected chi connectivity index (χ1v) is 7.86. The summed E-state index contributed by atoms with van der Waals surface area (Å²) < 4.78 is 27.6. The predicted octanol–water partition coefficient (Wildman–Crippen LogP) is 0.361. The largest absolute Gasteiger partial charge is 0.398 e. The van der Waals surface area contributed by atoms with Crippen molar-refractivity contribution in [1.29, 1.82) is 0 Å². The van der Waals surface area contributed by atoms with Crippen molar-refractivity contribution >= 4 is 21.6 Å². The highest BCUT2D eigenvalue weighted by atomic mass is 32.2. The predicted molar refractivity (Wildman–Crippen MR) is 76.8 cm³/mol. The topological polar surface area (TPSA) is 101 Å². The molecule has 1 atom stereocenters. The molecule has 1 heterocycles. The molecule has 0 saturated carbocycles. The van der Waals surface area contributed by atoms with Crippen LogP contribution in [0.2, 0.25) is 0 Å². The lowest BCUT2D eigenvalue weighted by Crippen LogP contribution is -2.37. The number of rotatable bonds is 3. The second-order valence-electron chi connectivity index (χ2n) is 5.19. The van der Waals surface area contributed by atoms with Crippen LogP contribution in [0.1, 0.15) is 23.1 Å². The maximum absolute atomic E-state index is 12.5. The molecule has 4 N–H and O–H groups in total. The van der Waals surface area contributed by atoms with E-state index in [9.17, 15) is 13.2 Å². The van der Waals surface area contributed by atoms with Gasteiger partial charge in [-0.15, -0.1) is 0 Å². The van der Waals surface area contributed by atoms with E-state index in [2.05, 4.69) is 10.0 Å². The minimum atomic E-state index is -3.70. The van der Waals surface area contributed by atoms with Gasteiger partial charge in [0, 0.05) is 24.7 Å². The van der Waals surface area contributed by atoms with Crippen molar-refractivity contribution in [3.63, 3.8) is 0 Å². The number of nitrogens with one attached hydrogen (secondary N) is 2. The van der Waals surface area contributed by atoms with Gasteiger partial charge < -0.3 is 11.1 Å². The Bertz CT molecular complexity index is 642. The van der Waals surface area contributed by atoms with Crippen molar-refractivity contribution in [2.75, 3.05) is 12.3 Å². The zero-order chi connectivity index (χ0) is 15.1. The summed E-state index contributed by atoms with van der Waals surface area (Å²) in [5.74, 6) is -0.144. The number of hydrogen-bond donors (Lipinski definition) is 3. The summed E-state index contributed by atoms with van der Waals surface area (Å²) in [6.45, 7) is 5.59. The molecule has 0 aliphatic carbocycles. The molecule has 7 heteroatoms. The smallest absolute Gasteiger partial charge is 0.241 e. The summed E-state index contributed by atoms with van der Waals surface area (Å²) >= 11 is 0. The van der Waals surface area contributed by atoms with Crippen LogP contribution in [0.25, 0.3) is 0 Å². The zero-order valence-corrected chi connectivity index (χ0v) is 12.6. The molecule has 1 aromatic carbocycles. The average molecular weight is 297 g/mol. The van der Waals surface area contributed by atoms with E-state index >= 15 is 0 Å². The highest BCUT2D eigenvalue weighted by molar-refractivity contribution is 7.89. The fourth-order valence-electron chi connectivity index (χ4n) is 2.41. The molecule has 1 aliphatic rings. The van der Waals surface area contributed by atoms with Crippen molar-refractivity contribution in [2.45, 2.75) is 38.1 Å². The second kappa shape index (κ2) is 5.06. The van der Waals surface area contributed by atoms with Crippen LogP contribution >= 0.6 is 0 Å². The van der Waals surface area contributed by atoms with Crippen LogP contribution in [0.5, 0.6) is 0 Å². The van der Waals surface area contributed by atoms with Crippen LogP contribution in [0, 0.1) is 20.8 Å². The van der Waals surface area contributed by atoms with Gasteiger partial charge in [-0.3, -0.25) is 4.79 Å². The van der Waals surface area contributed by atoms with Crippen molar-refractivity contribution < 1.29 is 13.2 Å². The second-order valence-corrected chi connectivity index (χ2v) is 6.84. The Hall–Kier alpha value is -1.60. The van der Waals surface area contributed by atoms with Gasteiger partial charge in [0.2, 0.25) is 15.9 Å². The number of hydrogen-bond acceptors (Lipinski definition) is 4. The lowest BCUT2D eigenvalue weighted by Gasteiger charge is -2.18. The van der Waals surface area contributed by atoms with Gasteiger partial charge in [-0.05, 0) is 43.5 Å². The van der Waals surface area contributed by atoms with Crippen LogP contribution in [0.4, 0.5) is 5.69 Å². The third kappa shape index (κ3) is 2.64. The molecule has 0 bridgehead atoms. The molecular formula is C13H19N3O3S. The number of aryl methyl sites for hydroxylation is 1. The average Bonchev–Trinajstić information content (AvgIpc) is 2.71. The van der Waals surface area contributed by atoms with Gasteiger partial charge in [0.15, 0.2) is 0 Å². The van der Waals surface area contributed by atoms with Crippen LogP contribution in [0.3, 0.4) is 0 Å². The first-order valence-electron chi connectivity index (χ1n) is 6.37. The van der Waals surface area contributed by atoms with E-state index in [1.807, 2.05) is 6.92 Å². The van der Waals surface area contributed by atoms with Crippen LogP contribution in [-0.2, 0) is 14.8 Å². The lowest BCUT2D eigenvalue weighted by atomic mass is 10.1. The van der Waals surface area contributed by atoms with Crippen LogP contribution < -0.4 is 15.8 Å². The van der Waals surface area contributed by atoms with E-state index in [0.717, 1.165) is 5.56 Å². The number of nitrogen functional groups attached to an aromatic ring is 1. The molecule has 0 radical (unpaired) electrons. The van der Waals surface area contributed by atoms with Crippen molar-refractivity contribution in [1.82, 2.24) is 10.0 Å². The third-order valence-corrected chi connectivity index (χ3v) is 5.44. The zero-order valence-electron chi connectivity index (χ0n) is 11.8. The maximum Gasteiger partial charge on any atom is 0.241 e. The molecule has 110 valence electrons. The molecule has 6 nitrogen and oxygen atoms in total. The van der Waals surface area contributed by atoms with Crippen LogP contribution in [0.15, 0.2) is 11.0 Å². The molecule has 1 saturated heterocycles. The summed E-state index contributed by atoms with van der Waals surface area (Å²) in [4.78, 5) is 11.4. The molecule has 0 spiro atoms. The highest BCUT2D eigenvalue weighted by Crippen LogP contribution is 2.28. The lowest BCUT2D eigenvalue weighted by molar-refractivity contribution is -0.119. The molecule has 1 aliphatic heterocycles. The number of nitrogens with two attached hydrogens (primary N) is 1. The van der Waals surface area contributed by atoms with Gasteiger partial charge in [0.25, 0.3) is 0 Å². The van der Waals surface area contributed by atoms with Gasteiger partial charge in [0.1, 0.15) is 0 Å². The number of sulfonamides is 1. The number of benzene rings is 1. The molecule has 1 fully saturated rings. The Labute approximate surface area is 118 Å². The van der Waals surface area contributed by atoms with E-state index in [4.69, 9.17) is 5.73 Å². The number of carbonyl (C=O) groups is 1. The van der Waals surface area contributed by atoms with Gasteiger partial charge in [-0.2, -0.15) is 0 Å². The number of amides is 1. The van der Waals surface area contributed by atoms with Crippen LogP contribution in [-0.4, -0.2) is 26.9 Å². The van der Waals surface area contributed by atoms with E-state index in [0.29, 0.717) is 23.4 Å². The Morgan fingerprint density at radius 3 is 2.50 bits per heavy atom. The molecule has 1 amide bonds. The first kappa shape index (κ1) is 14.8. The third-order valence-electron chi connectivity index (χ3n) is 3.65. The SMILES string of the molecule is Cc1cc(N)c(C)c(S(=O)(=O)NC2CNC(=O)C2)c1C. The summed E-state index contributed by atoms with van der Waals surface area (Å²) in [6, 6.07) is 1.36. The fourth-order valence-corrected chi connectivity index (χ4v) is 4.22. The molecule has 0 aromatic heterocycles. The Morgan fingerprint density at radius 2 is 1.95 bits per heavy atom. The number of anilines is 1. The quantitative estimate of drug-likeness (QED) is 0.701. The summed E-state index contributed by atoms with van der Waals surface area (Å²) in [5.41, 5.74) is 8.36. The first-order chi connectivity index (χ1) is 9.22. The normalized spacial score (nSPS) is 19.1. The summed E-state index contributed by atoms with van der Waals surface area (Å²) in [7, 11) is -3.70. The van der Waals surface area contributed by atoms with Gasteiger partial charge in [-0.1, -0.05) is 0 Å². The fraction of sp³-hybridized carbons (Fsp3) is 0.462. The Kier molecular flexibility index (Phi) is 3.75. The highest BCUT2D eigenvalue weighted by Gasteiger charge is 2.29. The van der Waals surface area contributed by atoms with E-state index in [1.165, 1.54) is 0 Å². The number of carbonyl (C=O) groups excluding carboxylic acids is 1. The Balaban J connectivity index is 2.42. The molecule has 2 rings (SSSR count). The van der Waals surface area contributed by atoms with Gasteiger partial charge in [-0.25, -0.2) is 13.1 Å².